The highest BCUT2D eigenvalue weighted by Gasteiger charge is 2.30. The highest BCUT2D eigenvalue weighted by Crippen LogP contribution is 1.98. The minimum absolute atomic E-state index is 0.303. The average molecular weight is 143 g/mol. The van der Waals surface area contributed by atoms with E-state index in [0.29, 0.717) is 5.01 Å². The molecule has 1 fully saturated rings. The highest BCUT2D eigenvalue weighted by molar-refractivity contribution is 6.09. The summed E-state index contributed by atoms with van der Waals surface area (Å²) in [4.78, 5) is 31.2. The maximum absolute atomic E-state index is 10.6. The van der Waals surface area contributed by atoms with Gasteiger partial charge >= 0.3 is 6.03 Å². The first-order valence-electron chi connectivity index (χ1n) is 2.53. The summed E-state index contributed by atoms with van der Waals surface area (Å²) in [7, 11) is 0. The number of nitrogens with one attached hydrogen (secondary N) is 1. The van der Waals surface area contributed by atoms with E-state index < -0.39 is 17.8 Å². The van der Waals surface area contributed by atoms with Crippen molar-refractivity contribution in [3.63, 3.8) is 0 Å². The zero-order valence-electron chi connectivity index (χ0n) is 4.96. The Morgan fingerprint density at radius 2 is 2.20 bits per heavy atom. The van der Waals surface area contributed by atoms with Gasteiger partial charge in [-0.15, -0.1) is 0 Å². The Morgan fingerprint density at radius 1 is 1.60 bits per heavy atom. The van der Waals surface area contributed by atoms with Crippen molar-refractivity contribution in [2.24, 2.45) is 5.73 Å². The van der Waals surface area contributed by atoms with Crippen LogP contribution >= 0.6 is 0 Å². The van der Waals surface area contributed by atoms with Gasteiger partial charge in [0.05, 0.1) is 0 Å². The molecule has 54 valence electrons. The van der Waals surface area contributed by atoms with Crippen LogP contribution in [0.5, 0.6) is 0 Å². The van der Waals surface area contributed by atoms with Gasteiger partial charge in [-0.3, -0.25) is 15.0 Å². The lowest BCUT2D eigenvalue weighted by atomic mass is 10.4. The molecule has 1 heterocycles. The Labute approximate surface area is 55.9 Å². The monoisotopic (exact) mass is 143 g/mol. The summed E-state index contributed by atoms with van der Waals surface area (Å²) in [6.07, 6.45) is -0.303. The third-order valence-electron chi connectivity index (χ3n) is 1.02. The Kier molecular flexibility index (Phi) is 1.29. The maximum atomic E-state index is 10.6. The number of urea groups is 1. The first-order valence-corrected chi connectivity index (χ1v) is 2.53. The number of primary amides is 1. The standard InChI is InChI=1S/C4H5N3O3/c5-4(10)7-3(9)1-2(8)6-7/h1H2,(H2,5,10)(H,6,8). The van der Waals surface area contributed by atoms with Crippen LogP contribution in [0.2, 0.25) is 0 Å². The third kappa shape index (κ3) is 0.903. The van der Waals surface area contributed by atoms with Crippen LogP contribution in [0, 0.1) is 0 Å². The van der Waals surface area contributed by atoms with Crippen LogP contribution in [0.15, 0.2) is 0 Å². The second-order valence-corrected chi connectivity index (χ2v) is 1.78. The first kappa shape index (κ1) is 6.53. The van der Waals surface area contributed by atoms with Gasteiger partial charge in [0.2, 0.25) is 5.91 Å². The fraction of sp³-hybridized carbons (Fsp3) is 0.250. The van der Waals surface area contributed by atoms with E-state index in [-0.39, 0.29) is 6.42 Å². The van der Waals surface area contributed by atoms with Crippen molar-refractivity contribution < 1.29 is 14.4 Å². The van der Waals surface area contributed by atoms with Gasteiger partial charge in [0.15, 0.2) is 0 Å². The molecule has 1 saturated heterocycles. The molecule has 6 nitrogen and oxygen atoms in total. The molecule has 0 spiro atoms. The number of rotatable bonds is 0. The van der Waals surface area contributed by atoms with Gasteiger partial charge in [-0.2, -0.15) is 5.01 Å². The minimum Gasteiger partial charge on any atom is -0.350 e. The molecule has 0 atom stereocenters. The molecule has 1 rings (SSSR count). The average Bonchev–Trinajstić information content (AvgIpc) is 2.10. The van der Waals surface area contributed by atoms with Gasteiger partial charge in [0, 0.05) is 0 Å². The van der Waals surface area contributed by atoms with E-state index in [4.69, 9.17) is 5.73 Å². The molecule has 0 saturated carbocycles. The Hall–Kier alpha value is -1.59. The predicted octanol–water partition coefficient (Wildman–Crippen LogP) is -1.67. The quantitative estimate of drug-likeness (QED) is 0.397. The van der Waals surface area contributed by atoms with Crippen LogP contribution in [-0.2, 0) is 9.59 Å². The van der Waals surface area contributed by atoms with Gasteiger partial charge in [0.25, 0.3) is 5.91 Å². The molecule has 0 aromatic carbocycles. The summed E-state index contributed by atoms with van der Waals surface area (Å²) < 4.78 is 0. The van der Waals surface area contributed by atoms with Crippen LogP contribution in [0.3, 0.4) is 0 Å². The molecule has 0 aromatic rings. The first-order chi connectivity index (χ1) is 4.61. The lowest BCUT2D eigenvalue weighted by Crippen LogP contribution is -2.44. The van der Waals surface area contributed by atoms with Crippen molar-refractivity contribution in [3.8, 4) is 0 Å². The van der Waals surface area contributed by atoms with Gasteiger partial charge in [-0.1, -0.05) is 0 Å². The zero-order valence-corrected chi connectivity index (χ0v) is 4.96. The van der Waals surface area contributed by atoms with E-state index in [0.717, 1.165) is 0 Å². The van der Waals surface area contributed by atoms with Crippen LogP contribution in [0.25, 0.3) is 0 Å². The normalized spacial score (nSPS) is 17.4. The number of hydrogen-bond acceptors (Lipinski definition) is 3. The Bertz CT molecular complexity index is 212. The van der Waals surface area contributed by atoms with Crippen molar-refractivity contribution in [1.29, 1.82) is 0 Å². The van der Waals surface area contributed by atoms with Crippen molar-refractivity contribution in [3.05, 3.63) is 0 Å². The molecule has 3 N–H and O–H groups in total. The third-order valence-corrected chi connectivity index (χ3v) is 1.02. The number of amides is 4. The van der Waals surface area contributed by atoms with Crippen molar-refractivity contribution in [2.45, 2.75) is 6.42 Å². The van der Waals surface area contributed by atoms with E-state index in [1.165, 1.54) is 0 Å². The predicted molar refractivity (Wildman–Crippen MR) is 29.2 cm³/mol. The maximum Gasteiger partial charge on any atom is 0.340 e. The van der Waals surface area contributed by atoms with Crippen LogP contribution < -0.4 is 11.2 Å². The molecule has 1 aliphatic rings. The second kappa shape index (κ2) is 1.98. The van der Waals surface area contributed by atoms with Crippen LogP contribution in [-0.4, -0.2) is 22.9 Å². The fourth-order valence-electron chi connectivity index (χ4n) is 0.621. The largest absolute Gasteiger partial charge is 0.350 e. The molecule has 0 aliphatic carbocycles. The number of carbonyl (C=O) groups excluding carboxylic acids is 3. The number of carbonyl (C=O) groups is 3. The van der Waals surface area contributed by atoms with E-state index in [2.05, 4.69) is 0 Å². The second-order valence-electron chi connectivity index (χ2n) is 1.78. The van der Waals surface area contributed by atoms with Gasteiger partial charge in [-0.05, 0) is 0 Å². The molecule has 6 heteroatoms. The zero-order chi connectivity index (χ0) is 7.72. The van der Waals surface area contributed by atoms with E-state index in [1.807, 2.05) is 5.43 Å². The summed E-state index contributed by atoms with van der Waals surface area (Å²) >= 11 is 0. The summed E-state index contributed by atoms with van der Waals surface area (Å²) in [5.41, 5.74) is 6.68. The molecule has 10 heavy (non-hydrogen) atoms. The van der Waals surface area contributed by atoms with Crippen LogP contribution in [0.4, 0.5) is 4.79 Å². The molecule has 4 amide bonds. The summed E-state index contributed by atoms with van der Waals surface area (Å²) in [5.74, 6) is -1.12. The number of hydrogen-bond donors (Lipinski definition) is 2. The summed E-state index contributed by atoms with van der Waals surface area (Å²) in [5, 5.41) is 0.488. The fourth-order valence-corrected chi connectivity index (χ4v) is 0.621. The molecule has 0 unspecified atom stereocenters. The van der Waals surface area contributed by atoms with Gasteiger partial charge in [0.1, 0.15) is 6.42 Å². The number of imide groups is 1. The molecular formula is C4H5N3O3. The highest BCUT2D eigenvalue weighted by atomic mass is 16.2. The van der Waals surface area contributed by atoms with Crippen molar-refractivity contribution in [1.82, 2.24) is 10.4 Å². The molecule has 0 bridgehead atoms. The van der Waals surface area contributed by atoms with E-state index in [1.54, 1.807) is 0 Å². The molecule has 0 aromatic heterocycles. The van der Waals surface area contributed by atoms with E-state index in [9.17, 15) is 14.4 Å². The Balaban J connectivity index is 2.72. The SMILES string of the molecule is NC(=O)N1NC(=O)CC1=O. The Morgan fingerprint density at radius 3 is 2.40 bits per heavy atom. The molecule has 0 radical (unpaired) electrons. The smallest absolute Gasteiger partial charge is 0.340 e. The van der Waals surface area contributed by atoms with Gasteiger partial charge in [-0.25, -0.2) is 4.79 Å². The summed E-state index contributed by atoms with van der Waals surface area (Å²) in [6.45, 7) is 0. The molecular weight excluding hydrogens is 138 g/mol. The lowest BCUT2D eigenvalue weighted by Gasteiger charge is -2.07. The minimum atomic E-state index is -0.962. The molecule has 1 aliphatic heterocycles. The number of hydrazine groups is 1. The van der Waals surface area contributed by atoms with Crippen LogP contribution in [0.1, 0.15) is 6.42 Å². The number of nitrogens with zero attached hydrogens (tertiary/aromatic N) is 1. The topological polar surface area (TPSA) is 92.5 Å². The van der Waals surface area contributed by atoms with Gasteiger partial charge < -0.3 is 5.73 Å². The van der Waals surface area contributed by atoms with E-state index >= 15 is 0 Å². The van der Waals surface area contributed by atoms with Crippen molar-refractivity contribution in [2.75, 3.05) is 0 Å². The number of nitrogens with two attached hydrogens (primary N) is 1. The summed E-state index contributed by atoms with van der Waals surface area (Å²) in [6, 6.07) is -0.962. The van der Waals surface area contributed by atoms with Crippen molar-refractivity contribution >= 4 is 17.8 Å². The lowest BCUT2D eigenvalue weighted by molar-refractivity contribution is -0.126.